The molecular weight excluding hydrogens is 302 g/mol. The molecule has 0 unspecified atom stereocenters. The molecule has 0 aliphatic heterocycles. The van der Waals surface area contributed by atoms with Crippen LogP contribution in [0.4, 0.5) is 11.4 Å². The maximum atomic E-state index is 12.4. The van der Waals surface area contributed by atoms with Gasteiger partial charge in [-0.15, -0.1) is 0 Å². The van der Waals surface area contributed by atoms with Crippen molar-refractivity contribution in [3.05, 3.63) is 53.3 Å². The van der Waals surface area contributed by atoms with E-state index in [1.54, 1.807) is 37.4 Å². The Bertz CT molecular complexity index is 703. The number of hydrogen-bond donors (Lipinski definition) is 2. The molecule has 1 aromatic heterocycles. The topological polar surface area (TPSA) is 71.1 Å². The molecule has 2 amide bonds. The summed E-state index contributed by atoms with van der Waals surface area (Å²) < 4.78 is 0. The van der Waals surface area contributed by atoms with E-state index >= 15 is 0 Å². The Hall–Kier alpha value is -2.40. The number of nitrogens with one attached hydrogen (secondary N) is 2. The van der Waals surface area contributed by atoms with Gasteiger partial charge in [-0.3, -0.25) is 14.6 Å². The van der Waals surface area contributed by atoms with Crippen LogP contribution in [0.5, 0.6) is 0 Å². The molecule has 2 rings (SSSR count). The zero-order valence-corrected chi connectivity index (χ0v) is 13.0. The fourth-order valence-corrected chi connectivity index (χ4v) is 2.16. The summed E-state index contributed by atoms with van der Waals surface area (Å²) in [6.45, 7) is 3.19. The lowest BCUT2D eigenvalue weighted by Crippen LogP contribution is -2.20. The summed E-state index contributed by atoms with van der Waals surface area (Å²) >= 11 is 5.95. The van der Waals surface area contributed by atoms with Gasteiger partial charge in [-0.2, -0.15) is 0 Å². The van der Waals surface area contributed by atoms with Gasteiger partial charge in [0, 0.05) is 18.1 Å². The summed E-state index contributed by atoms with van der Waals surface area (Å²) in [7, 11) is 0. The minimum absolute atomic E-state index is 0.207. The monoisotopic (exact) mass is 317 g/mol. The fourth-order valence-electron chi connectivity index (χ4n) is 1.96. The molecule has 2 N–H and O–H groups in total. The van der Waals surface area contributed by atoms with Crippen LogP contribution < -0.4 is 10.6 Å². The second kappa shape index (κ2) is 7.04. The van der Waals surface area contributed by atoms with Crippen LogP contribution >= 0.6 is 11.6 Å². The molecule has 5 nitrogen and oxygen atoms in total. The lowest BCUT2D eigenvalue weighted by atomic mass is 10.0. The Balaban J connectivity index is 2.17. The third-order valence-electron chi connectivity index (χ3n) is 3.13. The van der Waals surface area contributed by atoms with Crippen molar-refractivity contribution >= 4 is 34.8 Å². The predicted octanol–water partition coefficient (Wildman–Crippen LogP) is 3.44. The van der Waals surface area contributed by atoms with E-state index in [2.05, 4.69) is 15.6 Å². The molecule has 2 aromatic rings. The Morgan fingerprint density at radius 1 is 1.18 bits per heavy atom. The minimum atomic E-state index is -0.385. The average Bonchev–Trinajstić information content (AvgIpc) is 2.48. The lowest BCUT2D eigenvalue weighted by Gasteiger charge is -2.15. The summed E-state index contributed by atoms with van der Waals surface area (Å²) in [5, 5.41) is 6.01. The van der Waals surface area contributed by atoms with Crippen LogP contribution in [-0.2, 0) is 9.59 Å². The first-order chi connectivity index (χ1) is 10.5. The van der Waals surface area contributed by atoms with Crippen molar-refractivity contribution in [2.75, 3.05) is 10.6 Å². The van der Waals surface area contributed by atoms with Gasteiger partial charge >= 0.3 is 0 Å². The molecule has 0 fully saturated rings. The SMILES string of the molecule is CC(=O)Nc1ccncc1NC(=O)[C@@H](C)c1cccc(Cl)c1. The van der Waals surface area contributed by atoms with Crippen molar-refractivity contribution in [1.82, 2.24) is 4.98 Å². The molecule has 0 radical (unpaired) electrons. The zero-order valence-electron chi connectivity index (χ0n) is 12.3. The van der Waals surface area contributed by atoms with Crippen LogP contribution in [0, 0.1) is 0 Å². The number of anilines is 2. The highest BCUT2D eigenvalue weighted by atomic mass is 35.5. The smallest absolute Gasteiger partial charge is 0.231 e. The van der Waals surface area contributed by atoms with E-state index in [4.69, 9.17) is 11.6 Å². The molecule has 0 saturated carbocycles. The van der Waals surface area contributed by atoms with Gasteiger partial charge in [-0.25, -0.2) is 0 Å². The Morgan fingerprint density at radius 2 is 1.95 bits per heavy atom. The average molecular weight is 318 g/mol. The highest BCUT2D eigenvalue weighted by molar-refractivity contribution is 6.30. The molecule has 0 aliphatic carbocycles. The summed E-state index contributed by atoms with van der Waals surface area (Å²) in [4.78, 5) is 27.5. The second-order valence-corrected chi connectivity index (χ2v) is 5.30. The maximum Gasteiger partial charge on any atom is 0.231 e. The van der Waals surface area contributed by atoms with Gasteiger partial charge < -0.3 is 10.6 Å². The molecule has 1 atom stereocenters. The minimum Gasteiger partial charge on any atom is -0.324 e. The van der Waals surface area contributed by atoms with Gasteiger partial charge in [0.15, 0.2) is 0 Å². The molecule has 114 valence electrons. The number of nitrogens with zero attached hydrogens (tertiary/aromatic N) is 1. The first kappa shape index (κ1) is 16.0. The van der Waals surface area contributed by atoms with Gasteiger partial charge in [-0.05, 0) is 30.7 Å². The number of amides is 2. The van der Waals surface area contributed by atoms with Crippen molar-refractivity contribution in [3.8, 4) is 0 Å². The fraction of sp³-hybridized carbons (Fsp3) is 0.188. The lowest BCUT2D eigenvalue weighted by molar-refractivity contribution is -0.117. The van der Waals surface area contributed by atoms with Gasteiger partial charge in [0.2, 0.25) is 11.8 Å². The van der Waals surface area contributed by atoms with Crippen molar-refractivity contribution in [3.63, 3.8) is 0 Å². The number of aromatic nitrogens is 1. The van der Waals surface area contributed by atoms with Crippen LogP contribution in [-0.4, -0.2) is 16.8 Å². The Labute approximate surface area is 133 Å². The van der Waals surface area contributed by atoms with Crippen molar-refractivity contribution in [1.29, 1.82) is 0 Å². The maximum absolute atomic E-state index is 12.4. The highest BCUT2D eigenvalue weighted by Gasteiger charge is 2.17. The molecule has 0 saturated heterocycles. The third kappa shape index (κ3) is 4.05. The van der Waals surface area contributed by atoms with Crippen LogP contribution in [0.1, 0.15) is 25.3 Å². The van der Waals surface area contributed by atoms with E-state index in [1.165, 1.54) is 13.1 Å². The third-order valence-corrected chi connectivity index (χ3v) is 3.37. The van der Waals surface area contributed by atoms with E-state index in [9.17, 15) is 9.59 Å². The second-order valence-electron chi connectivity index (χ2n) is 4.87. The van der Waals surface area contributed by atoms with Crippen LogP contribution in [0.3, 0.4) is 0 Å². The van der Waals surface area contributed by atoms with Crippen molar-refractivity contribution < 1.29 is 9.59 Å². The van der Waals surface area contributed by atoms with E-state index in [0.717, 1.165) is 5.56 Å². The summed E-state index contributed by atoms with van der Waals surface area (Å²) in [5.41, 5.74) is 1.78. The Morgan fingerprint density at radius 3 is 2.64 bits per heavy atom. The van der Waals surface area contributed by atoms with E-state index in [1.807, 2.05) is 6.07 Å². The molecule has 1 aromatic carbocycles. The number of rotatable bonds is 4. The van der Waals surface area contributed by atoms with Crippen molar-refractivity contribution in [2.24, 2.45) is 0 Å². The van der Waals surface area contributed by atoms with E-state index in [0.29, 0.717) is 16.4 Å². The number of hydrogen-bond acceptors (Lipinski definition) is 3. The molecule has 6 heteroatoms. The summed E-state index contributed by atoms with van der Waals surface area (Å²) in [6.07, 6.45) is 3.04. The standard InChI is InChI=1S/C16H16ClN3O2/c1-10(12-4-3-5-13(17)8-12)16(22)20-15-9-18-7-6-14(15)19-11(2)21/h3-10H,1-2H3,(H,20,22)(H,18,19,21)/t10-/m0/s1. The normalized spacial score (nSPS) is 11.6. The summed E-state index contributed by atoms with van der Waals surface area (Å²) in [5.74, 6) is -0.810. The number of pyridine rings is 1. The first-order valence-electron chi connectivity index (χ1n) is 6.75. The van der Waals surface area contributed by atoms with Gasteiger partial charge in [-0.1, -0.05) is 23.7 Å². The van der Waals surface area contributed by atoms with E-state index in [-0.39, 0.29) is 17.7 Å². The molecular formula is C16H16ClN3O2. The quantitative estimate of drug-likeness (QED) is 0.907. The number of carbonyl (C=O) groups is 2. The number of benzene rings is 1. The van der Waals surface area contributed by atoms with Crippen LogP contribution in [0.2, 0.25) is 5.02 Å². The van der Waals surface area contributed by atoms with Crippen molar-refractivity contribution in [2.45, 2.75) is 19.8 Å². The predicted molar refractivity (Wildman–Crippen MR) is 87.0 cm³/mol. The van der Waals surface area contributed by atoms with Gasteiger partial charge in [0.05, 0.1) is 23.5 Å². The number of carbonyl (C=O) groups excluding carboxylic acids is 2. The Kier molecular flexibility index (Phi) is 5.12. The summed E-state index contributed by atoms with van der Waals surface area (Å²) in [6, 6.07) is 8.78. The van der Waals surface area contributed by atoms with Crippen LogP contribution in [0.25, 0.3) is 0 Å². The van der Waals surface area contributed by atoms with Gasteiger partial charge in [0.25, 0.3) is 0 Å². The highest BCUT2D eigenvalue weighted by Crippen LogP contribution is 2.24. The molecule has 0 aliphatic rings. The number of halogens is 1. The molecule has 22 heavy (non-hydrogen) atoms. The van der Waals surface area contributed by atoms with E-state index < -0.39 is 0 Å². The first-order valence-corrected chi connectivity index (χ1v) is 7.13. The zero-order chi connectivity index (χ0) is 16.1. The van der Waals surface area contributed by atoms with Crippen LogP contribution in [0.15, 0.2) is 42.7 Å². The van der Waals surface area contributed by atoms with Gasteiger partial charge in [0.1, 0.15) is 0 Å². The molecule has 0 bridgehead atoms. The molecule has 1 heterocycles. The largest absolute Gasteiger partial charge is 0.324 e. The molecule has 0 spiro atoms.